The molecule has 0 rings (SSSR count). The van der Waals surface area contributed by atoms with Crippen molar-refractivity contribution in [2.75, 3.05) is 7.05 Å². The zero-order valence-electron chi connectivity index (χ0n) is 8.29. The number of rotatable bonds is 6. The van der Waals surface area contributed by atoms with Crippen molar-refractivity contribution in [1.82, 2.24) is 9.34 Å². The van der Waals surface area contributed by atoms with E-state index in [1.807, 2.05) is 9.39 Å². The number of carbonyl (C=O) groups is 3. The van der Waals surface area contributed by atoms with Gasteiger partial charge in [0.15, 0.2) is 5.12 Å². The number of imide groups is 1. The summed E-state index contributed by atoms with van der Waals surface area (Å²) in [5, 5.41) is -0.277. The highest BCUT2D eigenvalue weighted by molar-refractivity contribution is 7.96. The normalized spacial score (nSPS) is 12.3. The SMILES string of the molecule is CN(P)C(CCC(=O)S)C(=O)N(P)C=O. The molecule has 8 heteroatoms. The van der Waals surface area contributed by atoms with Gasteiger partial charge in [-0.3, -0.25) is 23.7 Å². The lowest BCUT2D eigenvalue weighted by Crippen LogP contribution is -2.39. The maximum Gasteiger partial charge on any atom is 0.249 e. The number of amides is 2. The molecule has 0 aliphatic carbocycles. The summed E-state index contributed by atoms with van der Waals surface area (Å²) in [5.41, 5.74) is 0. The lowest BCUT2D eigenvalue weighted by atomic mass is 10.1. The molecule has 2 amide bonds. The molecule has 0 radical (unpaired) electrons. The van der Waals surface area contributed by atoms with E-state index in [-0.39, 0.29) is 17.4 Å². The van der Waals surface area contributed by atoms with Gasteiger partial charge in [-0.15, -0.1) is 12.6 Å². The first-order valence-corrected chi connectivity index (χ1v) is 5.60. The molecule has 15 heavy (non-hydrogen) atoms. The molecule has 0 spiro atoms. The van der Waals surface area contributed by atoms with E-state index in [1.165, 1.54) is 0 Å². The Bertz CT molecular complexity index is 263. The van der Waals surface area contributed by atoms with Crippen LogP contribution in [0.3, 0.4) is 0 Å². The largest absolute Gasteiger partial charge is 0.288 e. The highest BCUT2D eigenvalue weighted by atomic mass is 32.1. The first kappa shape index (κ1) is 15.0. The molecule has 0 bridgehead atoms. The van der Waals surface area contributed by atoms with E-state index in [4.69, 9.17) is 0 Å². The zero-order valence-corrected chi connectivity index (χ0v) is 11.5. The molecule has 0 aliphatic rings. The van der Waals surface area contributed by atoms with E-state index in [0.717, 1.165) is 4.67 Å². The Hall–Kier alpha value is -0.0200. The first-order valence-electron chi connectivity index (χ1n) is 4.12. The molecule has 0 fully saturated rings. The van der Waals surface area contributed by atoms with Crippen LogP contribution in [0.15, 0.2) is 0 Å². The van der Waals surface area contributed by atoms with Crippen LogP contribution in [0.2, 0.25) is 0 Å². The van der Waals surface area contributed by atoms with Gasteiger partial charge in [-0.1, -0.05) is 9.39 Å². The molecular weight excluding hydrogens is 254 g/mol. The molecule has 0 saturated carbocycles. The molecule has 0 aromatic heterocycles. The van der Waals surface area contributed by atoms with Crippen molar-refractivity contribution in [1.29, 1.82) is 0 Å². The molecule has 0 aliphatic heterocycles. The minimum atomic E-state index is -0.520. The molecule has 5 nitrogen and oxygen atoms in total. The minimum absolute atomic E-state index is 0.190. The third-order valence-corrected chi connectivity index (χ3v) is 2.74. The predicted octanol–water partition coefficient (Wildman–Crippen LogP) is 0.0886. The van der Waals surface area contributed by atoms with E-state index >= 15 is 0 Å². The summed E-state index contributed by atoms with van der Waals surface area (Å²) in [6, 6.07) is -0.520. The van der Waals surface area contributed by atoms with Gasteiger partial charge in [0.1, 0.15) is 0 Å². The van der Waals surface area contributed by atoms with E-state index in [9.17, 15) is 14.4 Å². The topological polar surface area (TPSA) is 57.7 Å². The van der Waals surface area contributed by atoms with Gasteiger partial charge in [0.2, 0.25) is 12.3 Å². The van der Waals surface area contributed by atoms with Crippen molar-refractivity contribution in [2.45, 2.75) is 18.9 Å². The third-order valence-electron chi connectivity index (χ3n) is 1.78. The van der Waals surface area contributed by atoms with Crippen molar-refractivity contribution in [3.05, 3.63) is 0 Å². The summed E-state index contributed by atoms with van der Waals surface area (Å²) in [6.45, 7) is 0. The Morgan fingerprint density at radius 3 is 2.33 bits per heavy atom. The Labute approximate surface area is 98.9 Å². The molecule has 0 N–H and O–H groups in total. The highest BCUT2D eigenvalue weighted by Gasteiger charge is 2.24. The lowest BCUT2D eigenvalue weighted by Gasteiger charge is -2.24. The van der Waals surface area contributed by atoms with Crippen LogP contribution in [-0.4, -0.2) is 39.9 Å². The second-order valence-corrected chi connectivity index (χ2v) is 4.83. The monoisotopic (exact) mass is 268 g/mol. The summed E-state index contributed by atoms with van der Waals surface area (Å²) in [5.74, 6) is -0.373. The van der Waals surface area contributed by atoms with Crippen LogP contribution in [0.4, 0.5) is 0 Å². The predicted molar refractivity (Wildman–Crippen MR) is 67.1 cm³/mol. The smallest absolute Gasteiger partial charge is 0.249 e. The van der Waals surface area contributed by atoms with Crippen LogP contribution in [0.25, 0.3) is 0 Å². The summed E-state index contributed by atoms with van der Waals surface area (Å²) < 4.78 is 2.47. The van der Waals surface area contributed by atoms with E-state index in [1.54, 1.807) is 11.7 Å². The first-order chi connectivity index (χ1) is 6.90. The van der Waals surface area contributed by atoms with E-state index in [2.05, 4.69) is 22.0 Å². The molecule has 3 unspecified atom stereocenters. The second kappa shape index (κ2) is 7.29. The van der Waals surface area contributed by atoms with Crippen LogP contribution in [0, 0.1) is 0 Å². The number of thiol groups is 1. The molecule has 0 saturated heterocycles. The van der Waals surface area contributed by atoms with E-state index < -0.39 is 6.04 Å². The van der Waals surface area contributed by atoms with Crippen LogP contribution in [0.5, 0.6) is 0 Å². The van der Waals surface area contributed by atoms with Gasteiger partial charge in [-0.05, 0) is 22.9 Å². The average Bonchev–Trinajstić information content (AvgIpc) is 2.15. The van der Waals surface area contributed by atoms with Crippen molar-refractivity contribution >= 4 is 48.8 Å². The van der Waals surface area contributed by atoms with Crippen molar-refractivity contribution in [3.8, 4) is 0 Å². The van der Waals surface area contributed by atoms with Gasteiger partial charge in [0.05, 0.1) is 6.04 Å². The summed E-state index contributed by atoms with van der Waals surface area (Å²) >= 11 is 3.62. The number of hydrogen-bond donors (Lipinski definition) is 1. The maximum absolute atomic E-state index is 11.6. The maximum atomic E-state index is 11.6. The van der Waals surface area contributed by atoms with Crippen molar-refractivity contribution in [2.24, 2.45) is 0 Å². The van der Waals surface area contributed by atoms with Gasteiger partial charge in [-0.25, -0.2) is 0 Å². The molecular formula is C7H14N2O3P2S. The second-order valence-electron chi connectivity index (χ2n) is 2.96. The summed E-state index contributed by atoms with van der Waals surface area (Å²) in [4.78, 5) is 32.7. The summed E-state index contributed by atoms with van der Waals surface area (Å²) in [6.07, 6.45) is 0.937. The van der Waals surface area contributed by atoms with Crippen LogP contribution < -0.4 is 0 Å². The molecule has 0 aromatic rings. The van der Waals surface area contributed by atoms with Gasteiger partial charge in [0.25, 0.3) is 0 Å². The fraction of sp³-hybridized carbons (Fsp3) is 0.571. The van der Waals surface area contributed by atoms with Gasteiger partial charge < -0.3 is 0 Å². The van der Waals surface area contributed by atoms with Crippen LogP contribution in [-0.2, 0) is 14.4 Å². The quantitative estimate of drug-likeness (QED) is 0.421. The standard InChI is InChI=1S/C7H14N2O3P2S/c1-8(13)5(2-3-6(11)15)7(12)9(14)4-10/h4-5H,2-3,13-14H2,1H3,(H,11,15). The van der Waals surface area contributed by atoms with Gasteiger partial charge in [-0.2, -0.15) is 0 Å². The fourth-order valence-corrected chi connectivity index (χ4v) is 1.56. The molecule has 86 valence electrons. The van der Waals surface area contributed by atoms with Crippen molar-refractivity contribution < 1.29 is 14.4 Å². The third kappa shape index (κ3) is 5.57. The number of likely N-dealkylation sites (N-methyl/N-ethyl adjacent to an activating group) is 1. The van der Waals surface area contributed by atoms with Crippen molar-refractivity contribution in [3.63, 3.8) is 0 Å². The fourth-order valence-electron chi connectivity index (χ4n) is 0.986. The summed E-state index contributed by atoms with van der Waals surface area (Å²) in [7, 11) is 6.03. The molecule has 0 heterocycles. The Kier molecular flexibility index (Phi) is 7.28. The van der Waals surface area contributed by atoms with Gasteiger partial charge >= 0.3 is 0 Å². The van der Waals surface area contributed by atoms with Gasteiger partial charge in [0, 0.05) is 6.42 Å². The lowest BCUT2D eigenvalue weighted by molar-refractivity contribution is -0.134. The Morgan fingerprint density at radius 1 is 1.47 bits per heavy atom. The minimum Gasteiger partial charge on any atom is -0.288 e. The van der Waals surface area contributed by atoms with Crippen LogP contribution in [0.1, 0.15) is 12.8 Å². The Morgan fingerprint density at radius 2 is 2.00 bits per heavy atom. The average molecular weight is 268 g/mol. The number of nitrogens with zero attached hydrogens (tertiary/aromatic N) is 2. The zero-order chi connectivity index (χ0) is 12.0. The molecule has 3 atom stereocenters. The van der Waals surface area contributed by atoms with E-state index in [0.29, 0.717) is 12.8 Å². The van der Waals surface area contributed by atoms with Crippen LogP contribution >= 0.6 is 31.4 Å². The highest BCUT2D eigenvalue weighted by Crippen LogP contribution is 2.14. The number of carbonyl (C=O) groups excluding carboxylic acids is 3. The number of hydrogen-bond acceptors (Lipinski definition) is 4. The molecule has 0 aromatic carbocycles. The Balaban J connectivity index is 4.45.